The van der Waals surface area contributed by atoms with Gasteiger partial charge in [-0.25, -0.2) is 0 Å². The zero-order chi connectivity index (χ0) is 9.68. The highest BCUT2D eigenvalue weighted by molar-refractivity contribution is 5.35. The second-order valence-electron chi connectivity index (χ2n) is 2.82. The highest BCUT2D eigenvalue weighted by Gasteiger charge is 2.10. The summed E-state index contributed by atoms with van der Waals surface area (Å²) in [4.78, 5) is 0. The molecular weight excluding hydrogens is 166 g/mol. The number of para-hydroxylation sites is 1. The molecule has 1 atom stereocenters. The molecule has 0 radical (unpaired) electrons. The summed E-state index contributed by atoms with van der Waals surface area (Å²) in [7, 11) is 3.41. The predicted molar refractivity (Wildman–Crippen MR) is 51.9 cm³/mol. The molecule has 72 valence electrons. The van der Waals surface area contributed by atoms with Crippen molar-refractivity contribution in [1.82, 2.24) is 5.32 Å². The van der Waals surface area contributed by atoms with E-state index in [-0.39, 0.29) is 0 Å². The lowest BCUT2D eigenvalue weighted by Gasteiger charge is -2.13. The fourth-order valence-corrected chi connectivity index (χ4v) is 1.25. The maximum atomic E-state index is 9.69. The summed E-state index contributed by atoms with van der Waals surface area (Å²) in [5, 5.41) is 12.6. The predicted octanol–water partition coefficient (Wildman–Crippen LogP) is 0.948. The Kier molecular flexibility index (Phi) is 3.73. The van der Waals surface area contributed by atoms with Gasteiger partial charge in [-0.05, 0) is 13.1 Å². The third-order valence-electron chi connectivity index (χ3n) is 1.90. The van der Waals surface area contributed by atoms with Crippen molar-refractivity contribution >= 4 is 0 Å². The van der Waals surface area contributed by atoms with E-state index in [1.54, 1.807) is 14.2 Å². The second-order valence-corrected chi connectivity index (χ2v) is 2.82. The van der Waals surface area contributed by atoms with Crippen LogP contribution in [0.1, 0.15) is 11.7 Å². The largest absolute Gasteiger partial charge is 0.496 e. The molecule has 0 saturated heterocycles. The Labute approximate surface area is 78.3 Å². The van der Waals surface area contributed by atoms with Gasteiger partial charge in [-0.3, -0.25) is 0 Å². The number of ether oxygens (including phenoxy) is 1. The third kappa shape index (κ3) is 2.44. The molecule has 1 unspecified atom stereocenters. The molecular formula is C10H15NO2. The van der Waals surface area contributed by atoms with E-state index in [2.05, 4.69) is 5.32 Å². The van der Waals surface area contributed by atoms with Gasteiger partial charge in [-0.1, -0.05) is 18.2 Å². The monoisotopic (exact) mass is 181 g/mol. The number of aliphatic hydroxyl groups excluding tert-OH is 1. The van der Waals surface area contributed by atoms with E-state index in [1.165, 1.54) is 0 Å². The lowest BCUT2D eigenvalue weighted by molar-refractivity contribution is 0.173. The molecule has 1 aromatic carbocycles. The number of hydrogen-bond acceptors (Lipinski definition) is 3. The average Bonchev–Trinajstić information content (AvgIpc) is 2.18. The van der Waals surface area contributed by atoms with E-state index < -0.39 is 6.10 Å². The summed E-state index contributed by atoms with van der Waals surface area (Å²) in [5.74, 6) is 0.727. The highest BCUT2D eigenvalue weighted by atomic mass is 16.5. The van der Waals surface area contributed by atoms with Gasteiger partial charge in [0, 0.05) is 12.1 Å². The SMILES string of the molecule is CNCC(O)c1ccccc1OC. The van der Waals surface area contributed by atoms with Crippen LogP contribution < -0.4 is 10.1 Å². The quantitative estimate of drug-likeness (QED) is 0.726. The zero-order valence-electron chi connectivity index (χ0n) is 7.95. The Morgan fingerprint density at radius 3 is 2.77 bits per heavy atom. The average molecular weight is 181 g/mol. The van der Waals surface area contributed by atoms with Crippen LogP contribution in [0.25, 0.3) is 0 Å². The summed E-state index contributed by atoms with van der Waals surface area (Å²) in [5.41, 5.74) is 0.819. The summed E-state index contributed by atoms with van der Waals surface area (Å²) in [6, 6.07) is 7.47. The number of rotatable bonds is 4. The summed E-state index contributed by atoms with van der Waals surface area (Å²) in [6.07, 6.45) is -0.513. The minimum absolute atomic E-state index is 0.513. The third-order valence-corrected chi connectivity index (χ3v) is 1.90. The van der Waals surface area contributed by atoms with Gasteiger partial charge >= 0.3 is 0 Å². The van der Waals surface area contributed by atoms with Crippen molar-refractivity contribution in [3.63, 3.8) is 0 Å². The molecule has 0 spiro atoms. The first kappa shape index (κ1) is 10.0. The van der Waals surface area contributed by atoms with Crippen molar-refractivity contribution in [2.45, 2.75) is 6.10 Å². The molecule has 1 aromatic rings. The molecule has 0 aliphatic rings. The number of hydrogen-bond donors (Lipinski definition) is 2. The van der Waals surface area contributed by atoms with Gasteiger partial charge in [-0.2, -0.15) is 0 Å². The van der Waals surface area contributed by atoms with E-state index in [0.29, 0.717) is 6.54 Å². The molecule has 0 saturated carbocycles. The fraction of sp³-hybridized carbons (Fsp3) is 0.400. The maximum absolute atomic E-state index is 9.69. The molecule has 3 nitrogen and oxygen atoms in total. The highest BCUT2D eigenvalue weighted by Crippen LogP contribution is 2.23. The minimum atomic E-state index is -0.513. The van der Waals surface area contributed by atoms with Crippen LogP contribution >= 0.6 is 0 Å². The van der Waals surface area contributed by atoms with Crippen molar-refractivity contribution in [2.75, 3.05) is 20.7 Å². The van der Waals surface area contributed by atoms with Gasteiger partial charge in [-0.15, -0.1) is 0 Å². The van der Waals surface area contributed by atoms with Gasteiger partial charge < -0.3 is 15.2 Å². The number of nitrogens with one attached hydrogen (secondary N) is 1. The maximum Gasteiger partial charge on any atom is 0.124 e. The van der Waals surface area contributed by atoms with Crippen LogP contribution in [-0.4, -0.2) is 25.8 Å². The summed E-state index contributed by atoms with van der Waals surface area (Å²) in [6.45, 7) is 0.528. The summed E-state index contributed by atoms with van der Waals surface area (Å²) < 4.78 is 5.13. The second kappa shape index (κ2) is 4.84. The molecule has 1 rings (SSSR count). The summed E-state index contributed by atoms with van der Waals surface area (Å²) >= 11 is 0. The van der Waals surface area contributed by atoms with Gasteiger partial charge in [0.05, 0.1) is 13.2 Å². The van der Waals surface area contributed by atoms with E-state index in [0.717, 1.165) is 11.3 Å². The molecule has 2 N–H and O–H groups in total. The number of likely N-dealkylation sites (N-methyl/N-ethyl adjacent to an activating group) is 1. The Balaban J connectivity index is 2.85. The van der Waals surface area contributed by atoms with Gasteiger partial charge in [0.2, 0.25) is 0 Å². The zero-order valence-corrected chi connectivity index (χ0v) is 7.95. The van der Waals surface area contributed by atoms with E-state index in [9.17, 15) is 5.11 Å². The molecule has 0 heterocycles. The molecule has 0 bridgehead atoms. The lowest BCUT2D eigenvalue weighted by atomic mass is 10.1. The van der Waals surface area contributed by atoms with Crippen LogP contribution in [0.3, 0.4) is 0 Å². The Morgan fingerprint density at radius 2 is 2.15 bits per heavy atom. The van der Waals surface area contributed by atoms with Crippen LogP contribution in [0.5, 0.6) is 5.75 Å². The molecule has 13 heavy (non-hydrogen) atoms. The topological polar surface area (TPSA) is 41.5 Å². The van der Waals surface area contributed by atoms with Crippen LogP contribution in [-0.2, 0) is 0 Å². The van der Waals surface area contributed by atoms with Crippen LogP contribution in [0, 0.1) is 0 Å². The lowest BCUT2D eigenvalue weighted by Crippen LogP contribution is -2.17. The van der Waals surface area contributed by atoms with Crippen molar-refractivity contribution in [1.29, 1.82) is 0 Å². The molecule has 0 aliphatic carbocycles. The number of benzene rings is 1. The number of methoxy groups -OCH3 is 1. The van der Waals surface area contributed by atoms with E-state index in [4.69, 9.17) is 4.74 Å². The molecule has 0 aromatic heterocycles. The normalized spacial score (nSPS) is 12.5. The van der Waals surface area contributed by atoms with Gasteiger partial charge in [0.15, 0.2) is 0 Å². The fourth-order valence-electron chi connectivity index (χ4n) is 1.25. The first-order chi connectivity index (χ1) is 6.29. The van der Waals surface area contributed by atoms with Crippen molar-refractivity contribution in [3.05, 3.63) is 29.8 Å². The van der Waals surface area contributed by atoms with Crippen LogP contribution in [0.2, 0.25) is 0 Å². The van der Waals surface area contributed by atoms with Gasteiger partial charge in [0.1, 0.15) is 5.75 Å². The van der Waals surface area contributed by atoms with Crippen molar-refractivity contribution in [2.24, 2.45) is 0 Å². The Hall–Kier alpha value is -1.06. The molecule has 0 fully saturated rings. The number of aliphatic hydroxyl groups is 1. The minimum Gasteiger partial charge on any atom is -0.496 e. The van der Waals surface area contributed by atoms with Crippen molar-refractivity contribution < 1.29 is 9.84 Å². The first-order valence-electron chi connectivity index (χ1n) is 4.25. The van der Waals surface area contributed by atoms with E-state index in [1.807, 2.05) is 24.3 Å². The standard InChI is InChI=1S/C10H15NO2/c1-11-7-9(12)8-5-3-4-6-10(8)13-2/h3-6,9,11-12H,7H2,1-2H3. The van der Waals surface area contributed by atoms with E-state index >= 15 is 0 Å². The molecule has 0 amide bonds. The van der Waals surface area contributed by atoms with Crippen LogP contribution in [0.4, 0.5) is 0 Å². The molecule has 0 aliphatic heterocycles. The van der Waals surface area contributed by atoms with Crippen LogP contribution in [0.15, 0.2) is 24.3 Å². The first-order valence-corrected chi connectivity index (χ1v) is 4.25. The molecule has 3 heteroatoms. The smallest absolute Gasteiger partial charge is 0.124 e. The Morgan fingerprint density at radius 1 is 1.46 bits per heavy atom. The Bertz CT molecular complexity index is 263. The van der Waals surface area contributed by atoms with Gasteiger partial charge in [0.25, 0.3) is 0 Å². The van der Waals surface area contributed by atoms with Crippen molar-refractivity contribution in [3.8, 4) is 5.75 Å².